The maximum absolute atomic E-state index is 11.6. The molecule has 1 saturated heterocycles. The van der Waals surface area contributed by atoms with Gasteiger partial charge in [-0.15, -0.1) is 0 Å². The molecule has 0 radical (unpaired) electrons. The lowest BCUT2D eigenvalue weighted by atomic mass is 9.88. The van der Waals surface area contributed by atoms with Gasteiger partial charge in [-0.25, -0.2) is 4.79 Å². The summed E-state index contributed by atoms with van der Waals surface area (Å²) in [5.41, 5.74) is 2.18. The minimum Gasteiger partial charge on any atom is -0.493 e. The predicted octanol–water partition coefficient (Wildman–Crippen LogP) is 0.380. The van der Waals surface area contributed by atoms with Crippen molar-refractivity contribution >= 4 is 11.7 Å². The van der Waals surface area contributed by atoms with Crippen LogP contribution in [0.15, 0.2) is 24.3 Å². The summed E-state index contributed by atoms with van der Waals surface area (Å²) < 4.78 is 34.9. The highest BCUT2D eigenvalue weighted by Gasteiger charge is 2.59. The molecule has 1 spiro atoms. The molecule has 0 bridgehead atoms. The van der Waals surface area contributed by atoms with E-state index in [2.05, 4.69) is 5.32 Å². The fourth-order valence-corrected chi connectivity index (χ4v) is 5.38. The minimum atomic E-state index is -1.94. The van der Waals surface area contributed by atoms with Crippen molar-refractivity contribution in [1.82, 2.24) is 0 Å². The van der Waals surface area contributed by atoms with Gasteiger partial charge in [-0.3, -0.25) is 0 Å². The lowest BCUT2D eigenvalue weighted by Crippen LogP contribution is -2.71. The quantitative estimate of drug-likeness (QED) is 0.392. The summed E-state index contributed by atoms with van der Waals surface area (Å²) in [4.78, 5) is 11.6. The molecule has 7 unspecified atom stereocenters. The Morgan fingerprint density at radius 1 is 1.06 bits per heavy atom. The summed E-state index contributed by atoms with van der Waals surface area (Å²) in [7, 11) is 3.11. The number of carboxylic acids is 1. The van der Waals surface area contributed by atoms with E-state index in [-0.39, 0.29) is 24.3 Å². The van der Waals surface area contributed by atoms with Crippen LogP contribution in [0.25, 0.3) is 0 Å². The van der Waals surface area contributed by atoms with Crippen LogP contribution in [-0.2, 0) is 9.53 Å². The smallest absolute Gasteiger partial charge is 0.335 e. The number of aliphatic hydroxyl groups excluding tert-OH is 3. The molecule has 0 aliphatic carbocycles. The zero-order chi connectivity index (χ0) is 25.4. The number of aliphatic carboxylic acids is 1. The molecule has 7 atom stereocenters. The molecule has 0 aromatic heterocycles. The minimum absolute atomic E-state index is 0.0855. The highest BCUT2D eigenvalue weighted by molar-refractivity contribution is 5.74. The molecule has 0 saturated carbocycles. The molecule has 192 valence electrons. The third-order valence-corrected chi connectivity index (χ3v) is 7.20. The van der Waals surface area contributed by atoms with E-state index >= 15 is 0 Å². The molecule has 2 aromatic rings. The van der Waals surface area contributed by atoms with E-state index in [4.69, 9.17) is 28.4 Å². The van der Waals surface area contributed by atoms with Gasteiger partial charge in [0.05, 0.1) is 33.3 Å². The number of hydrogen-bond acceptors (Lipinski definition) is 11. The Morgan fingerprint density at radius 3 is 2.56 bits per heavy atom. The number of hydrogen-bond donors (Lipinski definition) is 5. The topological polar surface area (TPSA) is 165 Å². The van der Waals surface area contributed by atoms with Crippen LogP contribution in [0, 0.1) is 0 Å². The van der Waals surface area contributed by atoms with Gasteiger partial charge in [0.1, 0.15) is 35.9 Å². The molecular formula is C24H25NO11. The van der Waals surface area contributed by atoms with E-state index in [0.717, 1.165) is 11.1 Å². The lowest BCUT2D eigenvalue weighted by molar-refractivity contribution is -0.325. The third-order valence-electron chi connectivity index (χ3n) is 7.20. The van der Waals surface area contributed by atoms with Crippen LogP contribution in [0.3, 0.4) is 0 Å². The Balaban J connectivity index is 1.34. The van der Waals surface area contributed by atoms with Gasteiger partial charge in [0.25, 0.3) is 5.79 Å². The van der Waals surface area contributed by atoms with Crippen LogP contribution in [0.1, 0.15) is 23.1 Å². The van der Waals surface area contributed by atoms with Crippen LogP contribution >= 0.6 is 0 Å². The maximum Gasteiger partial charge on any atom is 0.335 e. The zero-order valence-electron chi connectivity index (χ0n) is 19.3. The molecule has 36 heavy (non-hydrogen) atoms. The van der Waals surface area contributed by atoms with Crippen molar-refractivity contribution in [2.24, 2.45) is 0 Å². The maximum atomic E-state index is 11.6. The third kappa shape index (κ3) is 3.05. The molecule has 2 aromatic carbocycles. The number of rotatable bonds is 3. The highest BCUT2D eigenvalue weighted by Crippen LogP contribution is 2.58. The number of ether oxygens (including phenoxy) is 6. The number of carbonyl (C=O) groups is 1. The largest absolute Gasteiger partial charge is 0.493 e. The van der Waals surface area contributed by atoms with Crippen molar-refractivity contribution in [2.45, 2.75) is 42.2 Å². The van der Waals surface area contributed by atoms with Crippen molar-refractivity contribution in [2.75, 3.05) is 32.7 Å². The first-order valence-corrected chi connectivity index (χ1v) is 11.4. The van der Waals surface area contributed by atoms with E-state index in [0.29, 0.717) is 35.3 Å². The van der Waals surface area contributed by atoms with E-state index in [1.54, 1.807) is 26.4 Å². The molecule has 6 rings (SSSR count). The Kier molecular flexibility index (Phi) is 5.13. The summed E-state index contributed by atoms with van der Waals surface area (Å²) in [5.74, 6) is -1.16. The summed E-state index contributed by atoms with van der Waals surface area (Å²) >= 11 is 0. The Hall–Kier alpha value is -3.45. The average molecular weight is 503 g/mol. The molecule has 4 aliphatic heterocycles. The first-order chi connectivity index (χ1) is 17.3. The average Bonchev–Trinajstić information content (AvgIpc) is 3.27. The van der Waals surface area contributed by atoms with Crippen LogP contribution in [-0.4, -0.2) is 84.0 Å². The fourth-order valence-electron chi connectivity index (χ4n) is 5.38. The molecule has 4 heterocycles. The van der Waals surface area contributed by atoms with Gasteiger partial charge in [0.2, 0.25) is 5.75 Å². The van der Waals surface area contributed by atoms with E-state index in [9.17, 15) is 25.2 Å². The number of aliphatic hydroxyl groups is 3. The first-order valence-electron chi connectivity index (χ1n) is 11.4. The number of benzene rings is 2. The van der Waals surface area contributed by atoms with Gasteiger partial charge >= 0.3 is 5.97 Å². The van der Waals surface area contributed by atoms with E-state index < -0.39 is 36.2 Å². The number of fused-ring (bicyclic) bond motifs is 7. The normalized spacial score (nSPS) is 33.5. The lowest BCUT2D eigenvalue weighted by Gasteiger charge is -2.49. The van der Waals surface area contributed by atoms with Gasteiger partial charge in [0.15, 0.2) is 23.4 Å². The molecule has 5 N–H and O–H groups in total. The SMILES string of the molecule is COc1ccc2c(c1OC)OC1c3ccc4c(c3OCC21)NCC1(O4)OC(C(=O)O)C(O)C(O)C1O. The predicted molar refractivity (Wildman–Crippen MR) is 120 cm³/mol. The van der Waals surface area contributed by atoms with Crippen molar-refractivity contribution in [1.29, 1.82) is 0 Å². The first kappa shape index (κ1) is 23.0. The number of methoxy groups -OCH3 is 2. The number of carboxylic acid groups (broad SMARTS) is 1. The second kappa shape index (κ2) is 8.03. The van der Waals surface area contributed by atoms with Crippen LogP contribution < -0.4 is 29.0 Å². The Bertz CT molecular complexity index is 1240. The Morgan fingerprint density at radius 2 is 1.83 bits per heavy atom. The van der Waals surface area contributed by atoms with Crippen molar-refractivity contribution < 1.29 is 53.6 Å². The van der Waals surface area contributed by atoms with Gasteiger partial charge < -0.3 is 54.2 Å². The molecular weight excluding hydrogens is 478 g/mol. The molecule has 0 amide bonds. The van der Waals surface area contributed by atoms with Crippen molar-refractivity contribution in [3.8, 4) is 28.7 Å². The molecule has 1 fully saturated rings. The summed E-state index contributed by atoms with van der Waals surface area (Å²) in [6, 6.07) is 7.14. The van der Waals surface area contributed by atoms with Crippen LogP contribution in [0.2, 0.25) is 0 Å². The van der Waals surface area contributed by atoms with Crippen LogP contribution in [0.5, 0.6) is 28.7 Å². The summed E-state index contributed by atoms with van der Waals surface area (Å²) in [5, 5.41) is 43.5. The standard InChI is InChI=1S/C24H25NO11/c1-31-13-6-3-9-11-7-33-18-10(17(11)34-19(9)20(13)32-2)4-5-12-14(18)25-8-24(35-12)22(28)16(27)15(26)21(36-24)23(29)30/h3-6,11,15-17,21-22,25-28H,7-8H2,1-2H3,(H,29,30). The second-order valence-electron chi connectivity index (χ2n) is 9.10. The molecule has 12 heteroatoms. The fraction of sp³-hybridized carbons (Fsp3) is 0.458. The monoisotopic (exact) mass is 503 g/mol. The second-order valence-corrected chi connectivity index (χ2v) is 9.10. The number of anilines is 1. The van der Waals surface area contributed by atoms with Crippen LogP contribution in [0.4, 0.5) is 5.69 Å². The van der Waals surface area contributed by atoms with Crippen molar-refractivity contribution in [3.05, 3.63) is 35.4 Å². The van der Waals surface area contributed by atoms with Gasteiger partial charge in [-0.1, -0.05) is 6.07 Å². The Labute approximate surface area is 204 Å². The van der Waals surface area contributed by atoms with E-state index in [1.807, 2.05) is 12.1 Å². The number of nitrogens with one attached hydrogen (secondary N) is 1. The molecule has 12 nitrogen and oxygen atoms in total. The highest BCUT2D eigenvalue weighted by atomic mass is 16.7. The zero-order valence-corrected chi connectivity index (χ0v) is 19.3. The van der Waals surface area contributed by atoms with E-state index in [1.165, 1.54) is 0 Å². The summed E-state index contributed by atoms with van der Waals surface area (Å²) in [6.07, 6.45) is -7.50. The van der Waals surface area contributed by atoms with Gasteiger partial charge in [-0.05, 0) is 18.2 Å². The van der Waals surface area contributed by atoms with Gasteiger partial charge in [-0.2, -0.15) is 0 Å². The van der Waals surface area contributed by atoms with Crippen molar-refractivity contribution in [3.63, 3.8) is 0 Å². The summed E-state index contributed by atoms with van der Waals surface area (Å²) in [6.45, 7) is 0.100. The molecule has 4 aliphatic rings. The van der Waals surface area contributed by atoms with Gasteiger partial charge in [0, 0.05) is 11.1 Å².